The lowest BCUT2D eigenvalue weighted by Crippen LogP contribution is -2.15. The standard InChI is InChI=1S/C28H30S2/c1-29(2)27-15-19-5-7-21-8-6-20(14-25(21)13-19)16-28(30(3)4)24-12-10-22-9-11-23(27)17-26(22)18-24/h5-14,17-18,27-28H,15-16H2,1-4H3/q+2/t27-,28-/m1/s1. The SMILES string of the molecule is C[S+](C)[C@@H]1Cc2ccc3ccc(cc3c2)C[C@@H]([S+](C)C)c2ccc3ccc1cc3c2. The molecule has 2 atom stereocenters. The third-order valence-electron chi connectivity index (χ3n) is 6.58. The van der Waals surface area contributed by atoms with Gasteiger partial charge in [0.25, 0.3) is 0 Å². The quantitative estimate of drug-likeness (QED) is 0.313. The van der Waals surface area contributed by atoms with Gasteiger partial charge < -0.3 is 0 Å². The fourth-order valence-corrected chi connectivity index (χ4v) is 7.26. The Labute approximate surface area is 186 Å². The molecule has 1 aliphatic carbocycles. The van der Waals surface area contributed by atoms with E-state index in [2.05, 4.69) is 97.8 Å². The van der Waals surface area contributed by atoms with Gasteiger partial charge in [-0.25, -0.2) is 0 Å². The number of rotatable bonds is 2. The molecule has 30 heavy (non-hydrogen) atoms. The van der Waals surface area contributed by atoms with Crippen LogP contribution in [0.1, 0.15) is 32.8 Å². The summed E-state index contributed by atoms with van der Waals surface area (Å²) in [7, 11) is 0.620. The molecule has 2 heteroatoms. The minimum atomic E-state index is 0.310. The third-order valence-corrected chi connectivity index (χ3v) is 9.74. The molecule has 0 saturated carbocycles. The summed E-state index contributed by atoms with van der Waals surface area (Å²) in [5.41, 5.74) is 5.89. The van der Waals surface area contributed by atoms with E-state index in [0.29, 0.717) is 32.3 Å². The van der Waals surface area contributed by atoms with Gasteiger partial charge in [-0.15, -0.1) is 0 Å². The zero-order valence-corrected chi connectivity index (χ0v) is 19.9. The van der Waals surface area contributed by atoms with Crippen molar-refractivity contribution in [1.29, 1.82) is 0 Å². The average Bonchev–Trinajstić information content (AvgIpc) is 2.73. The van der Waals surface area contributed by atoms with Gasteiger partial charge in [-0.1, -0.05) is 60.7 Å². The van der Waals surface area contributed by atoms with Crippen molar-refractivity contribution in [2.75, 3.05) is 25.0 Å². The van der Waals surface area contributed by atoms with Crippen LogP contribution >= 0.6 is 0 Å². The summed E-state index contributed by atoms with van der Waals surface area (Å²) in [5.74, 6) is 0. The molecule has 0 aliphatic heterocycles. The smallest absolute Gasteiger partial charge is 0.0582 e. The molecular weight excluding hydrogens is 400 g/mol. The molecule has 0 nitrogen and oxygen atoms in total. The van der Waals surface area contributed by atoms with Crippen LogP contribution in [0.15, 0.2) is 72.8 Å². The van der Waals surface area contributed by atoms with Gasteiger partial charge in [-0.3, -0.25) is 0 Å². The normalized spacial score (nSPS) is 19.0. The van der Waals surface area contributed by atoms with E-state index in [-0.39, 0.29) is 0 Å². The van der Waals surface area contributed by atoms with Gasteiger partial charge in [0.1, 0.15) is 10.5 Å². The fourth-order valence-electron chi connectivity index (χ4n) is 4.83. The molecule has 0 radical (unpaired) electrons. The van der Waals surface area contributed by atoms with Gasteiger partial charge in [-0.2, -0.15) is 0 Å². The molecule has 152 valence electrons. The molecule has 0 saturated heterocycles. The monoisotopic (exact) mass is 430 g/mol. The van der Waals surface area contributed by atoms with Crippen molar-refractivity contribution in [3.05, 3.63) is 95.1 Å². The number of hydrogen-bond acceptors (Lipinski definition) is 0. The highest BCUT2D eigenvalue weighted by molar-refractivity contribution is 7.96. The molecule has 0 N–H and O–H groups in total. The second kappa shape index (κ2) is 7.98. The first-order valence-corrected chi connectivity index (χ1v) is 14.9. The highest BCUT2D eigenvalue weighted by atomic mass is 32.2. The Balaban J connectivity index is 1.75. The van der Waals surface area contributed by atoms with Crippen molar-refractivity contribution in [3.8, 4) is 0 Å². The van der Waals surface area contributed by atoms with Crippen molar-refractivity contribution >= 4 is 43.3 Å². The van der Waals surface area contributed by atoms with E-state index in [4.69, 9.17) is 0 Å². The summed E-state index contributed by atoms with van der Waals surface area (Å²) >= 11 is 0. The van der Waals surface area contributed by atoms with Crippen molar-refractivity contribution in [2.24, 2.45) is 0 Å². The average molecular weight is 431 g/mol. The van der Waals surface area contributed by atoms with Crippen molar-refractivity contribution in [1.82, 2.24) is 0 Å². The molecule has 0 aromatic heterocycles. The first-order chi connectivity index (χ1) is 14.5. The zero-order chi connectivity index (χ0) is 20.8. The van der Waals surface area contributed by atoms with E-state index in [0.717, 1.165) is 12.8 Å². The van der Waals surface area contributed by atoms with Gasteiger partial charge in [0.15, 0.2) is 0 Å². The summed E-state index contributed by atoms with van der Waals surface area (Å²) in [5, 5.41) is 6.62. The summed E-state index contributed by atoms with van der Waals surface area (Å²) in [4.78, 5) is 0. The zero-order valence-electron chi connectivity index (χ0n) is 18.3. The molecule has 4 aromatic rings. The van der Waals surface area contributed by atoms with Crippen molar-refractivity contribution < 1.29 is 0 Å². The van der Waals surface area contributed by atoms with E-state index in [9.17, 15) is 0 Å². The van der Waals surface area contributed by atoms with E-state index in [1.165, 1.54) is 43.8 Å². The lowest BCUT2D eigenvalue weighted by atomic mass is 9.94. The Morgan fingerprint density at radius 1 is 0.500 bits per heavy atom. The fraction of sp³-hybridized carbons (Fsp3) is 0.286. The van der Waals surface area contributed by atoms with Gasteiger partial charge in [0.2, 0.25) is 0 Å². The maximum absolute atomic E-state index is 2.47. The van der Waals surface area contributed by atoms with Gasteiger partial charge >= 0.3 is 0 Å². The van der Waals surface area contributed by atoms with Crippen LogP contribution in [-0.4, -0.2) is 25.0 Å². The van der Waals surface area contributed by atoms with Crippen LogP contribution in [0.4, 0.5) is 0 Å². The molecule has 0 heterocycles. The summed E-state index contributed by atoms with van der Waals surface area (Å²) in [6.07, 6.45) is 11.8. The lowest BCUT2D eigenvalue weighted by molar-refractivity contribution is 0.922. The van der Waals surface area contributed by atoms with Crippen LogP contribution in [0, 0.1) is 0 Å². The van der Waals surface area contributed by atoms with Crippen molar-refractivity contribution in [3.63, 3.8) is 0 Å². The van der Waals surface area contributed by atoms with Crippen molar-refractivity contribution in [2.45, 2.75) is 23.3 Å². The highest BCUT2D eigenvalue weighted by Crippen LogP contribution is 2.34. The summed E-state index contributed by atoms with van der Waals surface area (Å²) < 4.78 is 0. The van der Waals surface area contributed by atoms with Gasteiger partial charge in [-0.05, 0) is 66.6 Å². The lowest BCUT2D eigenvalue weighted by Gasteiger charge is -2.19. The minimum absolute atomic E-state index is 0.310. The largest absolute Gasteiger partial charge is 0.146 e. The molecule has 0 fully saturated rings. The Morgan fingerprint density at radius 2 is 0.900 bits per heavy atom. The molecular formula is C28H30S2+2. The van der Waals surface area contributed by atoms with Crippen LogP contribution < -0.4 is 0 Å². The Hall–Kier alpha value is -1.90. The van der Waals surface area contributed by atoms with E-state index < -0.39 is 0 Å². The second-order valence-electron chi connectivity index (χ2n) is 9.03. The predicted octanol–water partition coefficient (Wildman–Crippen LogP) is 6.63. The first-order valence-electron chi connectivity index (χ1n) is 10.7. The maximum Gasteiger partial charge on any atom is 0.146 e. The Bertz CT molecular complexity index is 1130. The van der Waals surface area contributed by atoms with Gasteiger partial charge in [0.05, 0.1) is 25.0 Å². The molecule has 1 aliphatic rings. The topological polar surface area (TPSA) is 0 Å². The molecule has 0 spiro atoms. The molecule has 5 rings (SSSR count). The van der Waals surface area contributed by atoms with Crippen LogP contribution in [-0.2, 0) is 34.6 Å². The molecule has 0 unspecified atom stereocenters. The van der Waals surface area contributed by atoms with Gasteiger partial charge in [0, 0.05) is 24.0 Å². The van der Waals surface area contributed by atoms with E-state index >= 15 is 0 Å². The molecule has 0 amide bonds. The molecule has 4 aromatic carbocycles. The van der Waals surface area contributed by atoms with E-state index in [1.807, 2.05) is 0 Å². The number of benzene rings is 4. The van der Waals surface area contributed by atoms with Crippen LogP contribution in [0.3, 0.4) is 0 Å². The Morgan fingerprint density at radius 3 is 1.33 bits per heavy atom. The van der Waals surface area contributed by atoms with Crippen LogP contribution in [0.25, 0.3) is 21.5 Å². The molecule has 6 bridgehead atoms. The van der Waals surface area contributed by atoms with E-state index in [1.54, 1.807) is 0 Å². The summed E-state index contributed by atoms with van der Waals surface area (Å²) in [6.45, 7) is 0. The predicted molar refractivity (Wildman–Crippen MR) is 139 cm³/mol. The summed E-state index contributed by atoms with van der Waals surface area (Å²) in [6, 6.07) is 28.5. The number of hydrogen-bond donors (Lipinski definition) is 0. The van der Waals surface area contributed by atoms with Crippen LogP contribution in [0.2, 0.25) is 0 Å². The first kappa shape index (κ1) is 20.0. The second-order valence-corrected chi connectivity index (χ2v) is 13.7. The number of fused-ring (bicyclic) bond motifs is 4. The highest BCUT2D eigenvalue weighted by Gasteiger charge is 2.27. The third kappa shape index (κ3) is 3.76. The van der Waals surface area contributed by atoms with Crippen LogP contribution in [0.5, 0.6) is 0 Å². The Kier molecular flexibility index (Phi) is 5.33. The maximum atomic E-state index is 2.47. The minimum Gasteiger partial charge on any atom is -0.0582 e.